The van der Waals surface area contributed by atoms with Crippen LogP contribution in [0.2, 0.25) is 0 Å². The minimum absolute atomic E-state index is 0.229. The van der Waals surface area contributed by atoms with E-state index in [0.717, 1.165) is 24.8 Å². The van der Waals surface area contributed by atoms with E-state index in [1.54, 1.807) is 13.2 Å². The summed E-state index contributed by atoms with van der Waals surface area (Å²) >= 11 is 0. The lowest BCUT2D eigenvalue weighted by molar-refractivity contribution is -0.0724. The summed E-state index contributed by atoms with van der Waals surface area (Å²) in [7, 11) is 1.70. The average Bonchev–Trinajstić information content (AvgIpc) is 2.40. The van der Waals surface area contributed by atoms with Gasteiger partial charge >= 0.3 is 0 Å². The van der Waals surface area contributed by atoms with Crippen LogP contribution in [0.25, 0.3) is 0 Å². The number of methoxy groups -OCH3 is 1. The predicted molar refractivity (Wildman–Crippen MR) is 75.4 cm³/mol. The summed E-state index contributed by atoms with van der Waals surface area (Å²) in [6, 6.07) is 4.72. The molecule has 19 heavy (non-hydrogen) atoms. The van der Waals surface area contributed by atoms with Crippen LogP contribution in [-0.2, 0) is 4.74 Å². The van der Waals surface area contributed by atoms with Gasteiger partial charge in [-0.3, -0.25) is 0 Å². The molecule has 1 aliphatic carbocycles. The molecule has 0 heterocycles. The Morgan fingerprint density at radius 1 is 1.47 bits per heavy atom. The van der Waals surface area contributed by atoms with Gasteiger partial charge in [0.1, 0.15) is 5.82 Å². The molecular formula is C16H24FNO. The van der Waals surface area contributed by atoms with Crippen molar-refractivity contribution in [1.29, 1.82) is 0 Å². The molecule has 106 valence electrons. The van der Waals surface area contributed by atoms with Gasteiger partial charge in [-0.15, -0.1) is 0 Å². The Labute approximate surface area is 115 Å². The highest BCUT2D eigenvalue weighted by molar-refractivity contribution is 5.29. The van der Waals surface area contributed by atoms with E-state index in [1.165, 1.54) is 12.5 Å². The fourth-order valence-electron chi connectivity index (χ4n) is 3.32. The molecule has 2 nitrogen and oxygen atoms in total. The van der Waals surface area contributed by atoms with Gasteiger partial charge in [-0.05, 0) is 31.7 Å². The van der Waals surface area contributed by atoms with Crippen LogP contribution in [0.4, 0.5) is 4.39 Å². The highest BCUT2D eigenvalue weighted by Gasteiger charge is 2.42. The third-order valence-electron chi connectivity index (χ3n) is 4.45. The number of ether oxygens (including phenoxy) is 1. The Morgan fingerprint density at radius 3 is 2.84 bits per heavy atom. The lowest BCUT2D eigenvalue weighted by atomic mass is 9.73. The van der Waals surface area contributed by atoms with Gasteiger partial charge in [-0.1, -0.05) is 37.5 Å². The molecule has 1 aromatic rings. The van der Waals surface area contributed by atoms with Crippen LogP contribution in [0.3, 0.4) is 0 Å². The molecule has 3 atom stereocenters. The molecule has 0 bridgehead atoms. The molecule has 1 fully saturated rings. The predicted octanol–water partition coefficient (Wildman–Crippen LogP) is 3.73. The van der Waals surface area contributed by atoms with E-state index in [9.17, 15) is 4.39 Å². The van der Waals surface area contributed by atoms with E-state index in [0.29, 0.717) is 11.5 Å². The summed E-state index contributed by atoms with van der Waals surface area (Å²) in [5.74, 6) is 0.348. The van der Waals surface area contributed by atoms with Crippen molar-refractivity contribution in [1.82, 2.24) is 0 Å². The van der Waals surface area contributed by atoms with E-state index in [2.05, 4.69) is 6.92 Å². The molecule has 2 rings (SSSR count). The van der Waals surface area contributed by atoms with Gasteiger partial charge in [0.2, 0.25) is 0 Å². The maximum absolute atomic E-state index is 14.0. The third-order valence-corrected chi connectivity index (χ3v) is 4.45. The number of nitrogens with two attached hydrogens (primary N) is 1. The Balaban J connectivity index is 2.34. The van der Waals surface area contributed by atoms with Crippen LogP contribution < -0.4 is 5.73 Å². The zero-order valence-electron chi connectivity index (χ0n) is 12.1. The Bertz CT molecular complexity index is 448. The number of aryl methyl sites for hydroxylation is 1. The first-order valence-corrected chi connectivity index (χ1v) is 7.05. The fraction of sp³-hybridized carbons (Fsp3) is 0.625. The smallest absolute Gasteiger partial charge is 0.128 e. The van der Waals surface area contributed by atoms with E-state index in [4.69, 9.17) is 10.5 Å². The average molecular weight is 265 g/mol. The minimum Gasteiger partial charge on any atom is -0.376 e. The summed E-state index contributed by atoms with van der Waals surface area (Å²) in [6.45, 7) is 4.17. The molecule has 0 saturated heterocycles. The summed E-state index contributed by atoms with van der Waals surface area (Å²) < 4.78 is 19.8. The van der Waals surface area contributed by atoms with Gasteiger partial charge in [-0.25, -0.2) is 4.39 Å². The van der Waals surface area contributed by atoms with Crippen molar-refractivity contribution in [3.63, 3.8) is 0 Å². The SMILES string of the molecule is COC1(C(N)c2cc(C)ccc2F)CCCC(C)C1. The third kappa shape index (κ3) is 2.82. The van der Waals surface area contributed by atoms with E-state index < -0.39 is 11.6 Å². The first-order valence-electron chi connectivity index (χ1n) is 7.05. The second kappa shape index (κ2) is 5.59. The van der Waals surface area contributed by atoms with Crippen LogP contribution in [0.5, 0.6) is 0 Å². The van der Waals surface area contributed by atoms with E-state index in [1.807, 2.05) is 13.0 Å². The monoisotopic (exact) mass is 265 g/mol. The van der Waals surface area contributed by atoms with Crippen LogP contribution in [0.15, 0.2) is 18.2 Å². The van der Waals surface area contributed by atoms with Gasteiger partial charge in [-0.2, -0.15) is 0 Å². The molecule has 0 aliphatic heterocycles. The topological polar surface area (TPSA) is 35.2 Å². The van der Waals surface area contributed by atoms with Crippen LogP contribution in [0.1, 0.15) is 49.8 Å². The molecule has 3 heteroatoms. The van der Waals surface area contributed by atoms with Gasteiger partial charge in [0.15, 0.2) is 0 Å². The highest BCUT2D eigenvalue weighted by atomic mass is 19.1. The molecule has 1 aromatic carbocycles. The summed E-state index contributed by atoms with van der Waals surface area (Å²) in [5, 5.41) is 0. The number of hydrogen-bond acceptors (Lipinski definition) is 2. The van der Waals surface area contributed by atoms with Crippen LogP contribution in [-0.4, -0.2) is 12.7 Å². The molecular weight excluding hydrogens is 241 g/mol. The minimum atomic E-state index is -0.424. The molecule has 2 N–H and O–H groups in total. The van der Waals surface area contributed by atoms with Crippen molar-refractivity contribution in [2.75, 3.05) is 7.11 Å². The maximum atomic E-state index is 14.0. The van der Waals surface area contributed by atoms with Crippen molar-refractivity contribution in [3.8, 4) is 0 Å². The lowest BCUT2D eigenvalue weighted by Crippen LogP contribution is -2.46. The van der Waals surface area contributed by atoms with Crippen molar-refractivity contribution in [3.05, 3.63) is 35.1 Å². The fourth-order valence-corrected chi connectivity index (χ4v) is 3.32. The number of halogens is 1. The number of hydrogen-bond donors (Lipinski definition) is 1. The summed E-state index contributed by atoms with van der Waals surface area (Å²) in [6.07, 6.45) is 4.10. The molecule has 0 aromatic heterocycles. The largest absolute Gasteiger partial charge is 0.376 e. The first kappa shape index (κ1) is 14.5. The molecule has 0 spiro atoms. The van der Waals surface area contributed by atoms with E-state index >= 15 is 0 Å². The second-order valence-corrected chi connectivity index (χ2v) is 5.97. The Morgan fingerprint density at radius 2 is 2.21 bits per heavy atom. The Kier molecular flexibility index (Phi) is 4.26. The van der Waals surface area contributed by atoms with Crippen LogP contribution >= 0.6 is 0 Å². The molecule has 0 amide bonds. The van der Waals surface area contributed by atoms with Crippen molar-refractivity contribution < 1.29 is 9.13 Å². The lowest BCUT2D eigenvalue weighted by Gasteiger charge is -2.43. The van der Waals surface area contributed by atoms with Crippen molar-refractivity contribution in [2.45, 2.75) is 51.2 Å². The Hall–Kier alpha value is -0.930. The van der Waals surface area contributed by atoms with Gasteiger partial charge in [0.25, 0.3) is 0 Å². The van der Waals surface area contributed by atoms with Gasteiger partial charge in [0, 0.05) is 12.7 Å². The first-order chi connectivity index (χ1) is 8.98. The van der Waals surface area contributed by atoms with Gasteiger partial charge < -0.3 is 10.5 Å². The second-order valence-electron chi connectivity index (χ2n) is 5.97. The zero-order valence-corrected chi connectivity index (χ0v) is 12.1. The molecule has 1 saturated carbocycles. The number of rotatable bonds is 3. The quantitative estimate of drug-likeness (QED) is 0.903. The van der Waals surface area contributed by atoms with E-state index in [-0.39, 0.29) is 5.82 Å². The molecule has 1 aliphatic rings. The number of benzene rings is 1. The van der Waals surface area contributed by atoms with Crippen molar-refractivity contribution in [2.24, 2.45) is 11.7 Å². The molecule has 0 radical (unpaired) electrons. The van der Waals surface area contributed by atoms with Gasteiger partial charge in [0.05, 0.1) is 11.6 Å². The molecule has 3 unspecified atom stereocenters. The summed E-state index contributed by atoms with van der Waals surface area (Å²) in [5.41, 5.74) is 7.57. The normalized spacial score (nSPS) is 29.2. The highest BCUT2D eigenvalue weighted by Crippen LogP contribution is 2.42. The van der Waals surface area contributed by atoms with Crippen LogP contribution in [0, 0.1) is 18.7 Å². The standard InChI is InChI=1S/C16H24FNO/c1-11-6-7-14(17)13(9-11)15(18)16(19-3)8-4-5-12(2)10-16/h6-7,9,12,15H,4-5,8,10,18H2,1-3H3. The van der Waals surface area contributed by atoms with Crippen molar-refractivity contribution >= 4 is 0 Å². The summed E-state index contributed by atoms with van der Waals surface area (Å²) in [4.78, 5) is 0. The zero-order chi connectivity index (χ0) is 14.0. The maximum Gasteiger partial charge on any atom is 0.128 e.